The number of hydrogen-bond donors (Lipinski definition) is 2. The summed E-state index contributed by atoms with van der Waals surface area (Å²) in [5.74, 6) is -3.73. The number of benzene rings is 2. The monoisotopic (exact) mass is 507 g/mol. The molecule has 10 heteroatoms. The number of carbonyl (C=O) groups is 2. The first kappa shape index (κ1) is 25.9. The molecular formula is C24H27FNO6PS. The number of para-hydroxylation sites is 1. The molecule has 2 aromatic carbocycles. The molecule has 0 aliphatic rings. The van der Waals surface area contributed by atoms with E-state index in [4.69, 9.17) is 9.26 Å². The molecule has 0 aliphatic carbocycles. The molecule has 182 valence electrons. The Bertz CT molecular complexity index is 1220. The van der Waals surface area contributed by atoms with Crippen LogP contribution in [0.25, 0.3) is 10.1 Å². The summed E-state index contributed by atoms with van der Waals surface area (Å²) in [6, 6.07) is 12.9. The Kier molecular flexibility index (Phi) is 7.81. The number of fused-ring (bicyclic) bond motifs is 1. The van der Waals surface area contributed by atoms with Crippen LogP contribution in [-0.2, 0) is 14.1 Å². The molecule has 0 aliphatic heterocycles. The number of halogens is 1. The topological polar surface area (TPSA) is 102 Å². The summed E-state index contributed by atoms with van der Waals surface area (Å²) in [5.41, 5.74) is -0.239. The van der Waals surface area contributed by atoms with Gasteiger partial charge in [0.15, 0.2) is 0 Å². The van der Waals surface area contributed by atoms with Crippen LogP contribution >= 0.6 is 18.9 Å². The zero-order valence-corrected chi connectivity index (χ0v) is 21.0. The average molecular weight is 508 g/mol. The fourth-order valence-corrected chi connectivity index (χ4v) is 5.81. The van der Waals surface area contributed by atoms with Gasteiger partial charge in [-0.3, -0.25) is 9.36 Å². The Hall–Kier alpha value is -2.74. The number of rotatable bonds is 9. The van der Waals surface area contributed by atoms with Gasteiger partial charge in [0.25, 0.3) is 0 Å². The van der Waals surface area contributed by atoms with Crippen molar-refractivity contribution in [2.45, 2.75) is 39.6 Å². The number of carbonyl (C=O) groups excluding carboxylic acids is 1. The Morgan fingerprint density at radius 2 is 1.82 bits per heavy atom. The van der Waals surface area contributed by atoms with Crippen LogP contribution in [0.4, 0.5) is 4.39 Å². The Balaban J connectivity index is 1.91. The standard InChI is InChI=1S/C24H27FNO6PS/c1-15(23(29)31-14-24(2,3)4)26-33(30,32-18-8-6-5-7-9-18)21(25)16-10-11-19-17(12-16)13-20(34-19)22(27)28/h5-13,15,21H,14H2,1-4H3,(H,26,30)(H,27,28). The van der Waals surface area contributed by atoms with E-state index in [0.29, 0.717) is 10.1 Å². The zero-order valence-electron chi connectivity index (χ0n) is 19.3. The van der Waals surface area contributed by atoms with Crippen molar-refractivity contribution in [3.05, 3.63) is 65.0 Å². The molecule has 34 heavy (non-hydrogen) atoms. The predicted octanol–water partition coefficient (Wildman–Crippen LogP) is 6.41. The molecule has 3 aromatic rings. The smallest absolute Gasteiger partial charge is 0.355 e. The van der Waals surface area contributed by atoms with Crippen LogP contribution in [0.1, 0.15) is 48.8 Å². The van der Waals surface area contributed by atoms with Crippen LogP contribution in [0.15, 0.2) is 54.6 Å². The third-order valence-electron chi connectivity index (χ3n) is 4.68. The minimum absolute atomic E-state index is 0.0317. The van der Waals surface area contributed by atoms with E-state index in [1.54, 1.807) is 24.3 Å². The SMILES string of the molecule is CC(NP(=O)(Oc1ccccc1)C(F)c1ccc2sc(C(=O)O)cc2c1)C(=O)OCC(C)(C)C. The summed E-state index contributed by atoms with van der Waals surface area (Å²) < 4.78 is 41.2. The number of thiophene rings is 1. The Morgan fingerprint density at radius 3 is 2.44 bits per heavy atom. The van der Waals surface area contributed by atoms with E-state index >= 15 is 4.39 Å². The number of ether oxygens (including phenoxy) is 1. The molecule has 3 unspecified atom stereocenters. The number of nitrogens with one attached hydrogen (secondary N) is 1. The molecule has 1 aromatic heterocycles. The second-order valence-corrected chi connectivity index (χ2v) is 12.2. The van der Waals surface area contributed by atoms with Gasteiger partial charge in [-0.15, -0.1) is 11.3 Å². The number of esters is 1. The molecule has 0 saturated heterocycles. The van der Waals surface area contributed by atoms with Gasteiger partial charge in [0.1, 0.15) is 16.7 Å². The van der Waals surface area contributed by atoms with Gasteiger partial charge >= 0.3 is 19.5 Å². The highest BCUT2D eigenvalue weighted by Crippen LogP contribution is 2.58. The lowest BCUT2D eigenvalue weighted by Crippen LogP contribution is -2.36. The van der Waals surface area contributed by atoms with Crippen molar-refractivity contribution in [3.8, 4) is 5.75 Å². The highest BCUT2D eigenvalue weighted by atomic mass is 32.1. The zero-order chi connectivity index (χ0) is 25.1. The lowest BCUT2D eigenvalue weighted by molar-refractivity contribution is -0.148. The van der Waals surface area contributed by atoms with E-state index in [0.717, 1.165) is 11.3 Å². The molecule has 7 nitrogen and oxygen atoms in total. The maximum Gasteiger partial charge on any atom is 0.355 e. The molecule has 3 rings (SSSR count). The molecule has 0 spiro atoms. The van der Waals surface area contributed by atoms with Crippen molar-refractivity contribution < 1.29 is 32.9 Å². The summed E-state index contributed by atoms with van der Waals surface area (Å²) in [6.45, 7) is 7.27. The minimum Gasteiger partial charge on any atom is -0.477 e. The van der Waals surface area contributed by atoms with Crippen LogP contribution < -0.4 is 9.61 Å². The largest absolute Gasteiger partial charge is 0.477 e. The summed E-state index contributed by atoms with van der Waals surface area (Å²) >= 11 is 1.06. The number of alkyl halides is 1. The van der Waals surface area contributed by atoms with Crippen LogP contribution in [0.2, 0.25) is 0 Å². The quantitative estimate of drug-likeness (QED) is 0.255. The van der Waals surface area contributed by atoms with Gasteiger partial charge in [0.05, 0.1) is 6.61 Å². The highest BCUT2D eigenvalue weighted by molar-refractivity contribution is 7.57. The second kappa shape index (κ2) is 10.3. The van der Waals surface area contributed by atoms with Crippen molar-refractivity contribution in [1.29, 1.82) is 0 Å². The van der Waals surface area contributed by atoms with Crippen LogP contribution in [0, 0.1) is 5.41 Å². The maximum atomic E-state index is 15.8. The van der Waals surface area contributed by atoms with Gasteiger partial charge in [-0.2, -0.15) is 0 Å². The third-order valence-corrected chi connectivity index (χ3v) is 7.91. The van der Waals surface area contributed by atoms with Crippen molar-refractivity contribution in [1.82, 2.24) is 5.09 Å². The molecular weight excluding hydrogens is 480 g/mol. The van der Waals surface area contributed by atoms with E-state index in [2.05, 4.69) is 5.09 Å². The Morgan fingerprint density at radius 1 is 1.15 bits per heavy atom. The van der Waals surface area contributed by atoms with E-state index in [1.807, 2.05) is 20.8 Å². The van der Waals surface area contributed by atoms with E-state index in [1.165, 1.54) is 37.3 Å². The number of aromatic carboxylic acids is 1. The third kappa shape index (κ3) is 6.44. The number of carboxylic acid groups (broad SMARTS) is 1. The summed E-state index contributed by atoms with van der Waals surface area (Å²) in [4.78, 5) is 23.9. The van der Waals surface area contributed by atoms with E-state index < -0.39 is 31.4 Å². The molecule has 2 N–H and O–H groups in total. The van der Waals surface area contributed by atoms with Crippen LogP contribution in [0.3, 0.4) is 0 Å². The molecule has 0 bridgehead atoms. The first-order valence-electron chi connectivity index (χ1n) is 10.6. The van der Waals surface area contributed by atoms with Crippen LogP contribution in [-0.4, -0.2) is 29.7 Å². The lowest BCUT2D eigenvalue weighted by Gasteiger charge is -2.27. The molecule has 1 heterocycles. The first-order chi connectivity index (χ1) is 15.9. The summed E-state index contributed by atoms with van der Waals surface area (Å²) in [5, 5.41) is 12.3. The van der Waals surface area contributed by atoms with Crippen molar-refractivity contribution >= 4 is 40.9 Å². The van der Waals surface area contributed by atoms with Gasteiger partial charge in [0.2, 0.25) is 5.91 Å². The highest BCUT2D eigenvalue weighted by Gasteiger charge is 2.41. The summed E-state index contributed by atoms with van der Waals surface area (Å²) in [7, 11) is -4.35. The first-order valence-corrected chi connectivity index (χ1v) is 13.1. The average Bonchev–Trinajstić information content (AvgIpc) is 3.20. The summed E-state index contributed by atoms with van der Waals surface area (Å²) in [6.07, 6.45) is 0. The molecule has 0 saturated carbocycles. The minimum atomic E-state index is -4.35. The Labute approximate surface area is 201 Å². The van der Waals surface area contributed by atoms with Crippen LogP contribution in [0.5, 0.6) is 5.75 Å². The van der Waals surface area contributed by atoms with Gasteiger partial charge in [-0.05, 0) is 53.6 Å². The lowest BCUT2D eigenvalue weighted by atomic mass is 9.99. The fraction of sp³-hybridized carbons (Fsp3) is 0.333. The second-order valence-electron chi connectivity index (χ2n) is 9.07. The number of carboxylic acids is 1. The van der Waals surface area contributed by atoms with Gasteiger partial charge in [0, 0.05) is 4.70 Å². The molecule has 3 atom stereocenters. The van der Waals surface area contributed by atoms with Gasteiger partial charge in [-0.1, -0.05) is 45.0 Å². The van der Waals surface area contributed by atoms with Crippen molar-refractivity contribution in [2.75, 3.05) is 6.61 Å². The van der Waals surface area contributed by atoms with Crippen molar-refractivity contribution in [2.24, 2.45) is 5.41 Å². The number of hydrogen-bond acceptors (Lipinski definition) is 6. The van der Waals surface area contributed by atoms with E-state index in [9.17, 15) is 19.3 Å². The fourth-order valence-electron chi connectivity index (χ4n) is 3.02. The van der Waals surface area contributed by atoms with E-state index in [-0.39, 0.29) is 28.2 Å². The van der Waals surface area contributed by atoms with Gasteiger partial charge in [-0.25, -0.2) is 14.3 Å². The van der Waals surface area contributed by atoms with Gasteiger partial charge < -0.3 is 14.4 Å². The normalized spacial score (nSPS) is 15.3. The molecule has 0 radical (unpaired) electrons. The maximum absolute atomic E-state index is 15.8. The predicted molar refractivity (Wildman–Crippen MR) is 130 cm³/mol. The molecule has 0 fully saturated rings. The molecule has 0 amide bonds. The van der Waals surface area contributed by atoms with Crippen molar-refractivity contribution in [3.63, 3.8) is 0 Å².